The minimum Gasteiger partial charge on any atom is -0.493 e. The maximum atomic E-state index is 12.9. The minimum atomic E-state index is 0.107. The van der Waals surface area contributed by atoms with Gasteiger partial charge < -0.3 is 24.4 Å². The highest BCUT2D eigenvalue weighted by Gasteiger charge is 2.16. The van der Waals surface area contributed by atoms with Crippen LogP contribution in [0.25, 0.3) is 0 Å². The quantitative estimate of drug-likeness (QED) is 0.504. The lowest BCUT2D eigenvalue weighted by Gasteiger charge is -2.23. The highest BCUT2D eigenvalue weighted by molar-refractivity contribution is 7.10. The molecule has 0 saturated carbocycles. The molecule has 0 aliphatic rings. The lowest BCUT2D eigenvalue weighted by molar-refractivity contribution is -0.130. The fourth-order valence-corrected chi connectivity index (χ4v) is 3.90. The molecule has 29 heavy (non-hydrogen) atoms. The summed E-state index contributed by atoms with van der Waals surface area (Å²) in [7, 11) is 4.94. The first-order valence-electron chi connectivity index (χ1n) is 9.80. The molecule has 1 aromatic heterocycles. The van der Waals surface area contributed by atoms with Gasteiger partial charge in [-0.2, -0.15) is 0 Å². The first kappa shape index (κ1) is 23.2. The summed E-state index contributed by atoms with van der Waals surface area (Å²) in [6.07, 6.45) is 1.64. The van der Waals surface area contributed by atoms with E-state index in [2.05, 4.69) is 23.7 Å². The third kappa shape index (κ3) is 7.34. The van der Waals surface area contributed by atoms with Crippen molar-refractivity contribution in [3.63, 3.8) is 0 Å². The zero-order chi connectivity index (χ0) is 21.1. The van der Waals surface area contributed by atoms with Gasteiger partial charge in [-0.3, -0.25) is 4.79 Å². The van der Waals surface area contributed by atoms with Crippen LogP contribution >= 0.6 is 11.3 Å². The third-order valence-electron chi connectivity index (χ3n) is 4.75. The number of methoxy groups -OCH3 is 3. The number of rotatable bonds is 13. The highest BCUT2D eigenvalue weighted by Crippen LogP contribution is 2.28. The fraction of sp³-hybridized carbons (Fsp3) is 0.500. The van der Waals surface area contributed by atoms with E-state index in [1.807, 2.05) is 23.1 Å². The molecule has 1 heterocycles. The van der Waals surface area contributed by atoms with E-state index in [-0.39, 0.29) is 5.91 Å². The third-order valence-corrected chi connectivity index (χ3v) is 5.76. The van der Waals surface area contributed by atoms with Crippen molar-refractivity contribution in [2.24, 2.45) is 0 Å². The molecule has 1 amide bonds. The van der Waals surface area contributed by atoms with Gasteiger partial charge >= 0.3 is 0 Å². The van der Waals surface area contributed by atoms with E-state index in [1.165, 1.54) is 10.4 Å². The van der Waals surface area contributed by atoms with Gasteiger partial charge in [-0.05, 0) is 61.0 Å². The lowest BCUT2D eigenvalue weighted by atomic mass is 10.1. The molecule has 0 radical (unpaired) electrons. The van der Waals surface area contributed by atoms with Crippen molar-refractivity contribution in [1.29, 1.82) is 0 Å². The van der Waals surface area contributed by atoms with Crippen molar-refractivity contribution in [1.82, 2.24) is 10.2 Å². The molecule has 2 aromatic rings. The first-order valence-corrected chi connectivity index (χ1v) is 10.7. The van der Waals surface area contributed by atoms with Crippen LogP contribution in [0, 0.1) is 6.92 Å². The van der Waals surface area contributed by atoms with Crippen molar-refractivity contribution >= 4 is 17.2 Å². The Morgan fingerprint density at radius 1 is 1.14 bits per heavy atom. The summed E-state index contributed by atoms with van der Waals surface area (Å²) >= 11 is 1.70. The van der Waals surface area contributed by atoms with Crippen LogP contribution in [0.2, 0.25) is 0 Å². The number of hydrogen-bond donors (Lipinski definition) is 1. The van der Waals surface area contributed by atoms with Crippen LogP contribution in [0.1, 0.15) is 22.4 Å². The second-order valence-corrected chi connectivity index (χ2v) is 7.81. The molecule has 0 spiro atoms. The van der Waals surface area contributed by atoms with Gasteiger partial charge in [0.2, 0.25) is 5.91 Å². The van der Waals surface area contributed by atoms with Gasteiger partial charge in [0.05, 0.1) is 27.3 Å². The van der Waals surface area contributed by atoms with Crippen molar-refractivity contribution in [2.75, 3.05) is 47.6 Å². The Labute approximate surface area is 177 Å². The molecule has 2 rings (SSSR count). The number of thiophene rings is 1. The van der Waals surface area contributed by atoms with Crippen LogP contribution in [-0.2, 0) is 22.5 Å². The Morgan fingerprint density at radius 2 is 1.93 bits per heavy atom. The average Bonchev–Trinajstić information content (AvgIpc) is 3.14. The van der Waals surface area contributed by atoms with Crippen molar-refractivity contribution < 1.29 is 19.0 Å². The maximum absolute atomic E-state index is 12.9. The van der Waals surface area contributed by atoms with Crippen LogP contribution in [0.4, 0.5) is 0 Å². The molecule has 0 aliphatic carbocycles. The number of amides is 1. The number of carbonyl (C=O) groups excluding carboxylic acids is 1. The molecule has 0 unspecified atom stereocenters. The predicted octanol–water partition coefficient (Wildman–Crippen LogP) is 3.27. The van der Waals surface area contributed by atoms with Gasteiger partial charge in [-0.25, -0.2) is 0 Å². The Hall–Kier alpha value is -2.09. The van der Waals surface area contributed by atoms with Crippen LogP contribution in [0.15, 0.2) is 29.6 Å². The zero-order valence-electron chi connectivity index (χ0n) is 17.8. The van der Waals surface area contributed by atoms with Crippen LogP contribution in [0.3, 0.4) is 0 Å². The van der Waals surface area contributed by atoms with E-state index in [0.29, 0.717) is 37.7 Å². The standard InChI is InChI=1S/C22H32N2O4S/c1-17-9-13-29-21(17)16-24(22(25)15-23-10-5-12-26-2)11-8-18-6-7-19(27-3)20(14-18)28-4/h6-7,9,13-14,23H,5,8,10-12,15-16H2,1-4H3. The largest absolute Gasteiger partial charge is 0.493 e. The molecule has 0 saturated heterocycles. The summed E-state index contributed by atoms with van der Waals surface area (Å²) in [5.74, 6) is 1.52. The molecular formula is C22H32N2O4S. The molecule has 0 fully saturated rings. The van der Waals surface area contributed by atoms with E-state index in [0.717, 1.165) is 24.9 Å². The summed E-state index contributed by atoms with van der Waals surface area (Å²) in [6.45, 7) is 5.16. The summed E-state index contributed by atoms with van der Waals surface area (Å²) in [5, 5.41) is 5.30. The second kappa shape index (κ2) is 12.5. The van der Waals surface area contributed by atoms with Gasteiger partial charge in [0, 0.05) is 25.1 Å². The Morgan fingerprint density at radius 3 is 2.59 bits per heavy atom. The van der Waals surface area contributed by atoms with Gasteiger partial charge in [0.25, 0.3) is 0 Å². The van der Waals surface area contributed by atoms with E-state index in [4.69, 9.17) is 14.2 Å². The smallest absolute Gasteiger partial charge is 0.236 e. The summed E-state index contributed by atoms with van der Waals surface area (Å²) in [5.41, 5.74) is 2.34. The van der Waals surface area contributed by atoms with E-state index in [9.17, 15) is 4.79 Å². The predicted molar refractivity (Wildman–Crippen MR) is 117 cm³/mol. The van der Waals surface area contributed by atoms with Gasteiger partial charge in [0.1, 0.15) is 0 Å². The van der Waals surface area contributed by atoms with Gasteiger partial charge in [-0.15, -0.1) is 11.3 Å². The Bertz CT molecular complexity index is 763. The van der Waals surface area contributed by atoms with E-state index >= 15 is 0 Å². The number of hydrogen-bond acceptors (Lipinski definition) is 6. The van der Waals surface area contributed by atoms with Gasteiger partial charge in [0.15, 0.2) is 11.5 Å². The normalized spacial score (nSPS) is 10.8. The number of ether oxygens (including phenoxy) is 3. The molecule has 1 aromatic carbocycles. The molecule has 0 aliphatic heterocycles. The minimum absolute atomic E-state index is 0.107. The molecule has 0 bridgehead atoms. The average molecular weight is 421 g/mol. The molecule has 1 N–H and O–H groups in total. The lowest BCUT2D eigenvalue weighted by Crippen LogP contribution is -2.39. The van der Waals surface area contributed by atoms with Crippen LogP contribution in [0.5, 0.6) is 11.5 Å². The monoisotopic (exact) mass is 420 g/mol. The summed E-state index contributed by atoms with van der Waals surface area (Å²) in [6, 6.07) is 7.99. The van der Waals surface area contributed by atoms with Gasteiger partial charge in [-0.1, -0.05) is 6.07 Å². The van der Waals surface area contributed by atoms with Crippen molar-refractivity contribution in [2.45, 2.75) is 26.3 Å². The van der Waals surface area contributed by atoms with Crippen LogP contribution < -0.4 is 14.8 Å². The van der Waals surface area contributed by atoms with E-state index in [1.54, 1.807) is 32.7 Å². The number of nitrogens with zero attached hydrogens (tertiary/aromatic N) is 1. The summed E-state index contributed by atoms with van der Waals surface area (Å²) in [4.78, 5) is 16.0. The first-order chi connectivity index (χ1) is 14.1. The molecule has 7 heteroatoms. The molecule has 160 valence electrons. The molecular weight excluding hydrogens is 388 g/mol. The fourth-order valence-electron chi connectivity index (χ4n) is 2.98. The van der Waals surface area contributed by atoms with Crippen molar-refractivity contribution in [3.8, 4) is 11.5 Å². The van der Waals surface area contributed by atoms with E-state index < -0.39 is 0 Å². The SMILES string of the molecule is COCCCNCC(=O)N(CCc1ccc(OC)c(OC)c1)Cc1sccc1C. The Balaban J connectivity index is 2.00. The highest BCUT2D eigenvalue weighted by atomic mass is 32.1. The topological polar surface area (TPSA) is 60.0 Å². The Kier molecular flexibility index (Phi) is 9.97. The maximum Gasteiger partial charge on any atom is 0.236 e. The molecule has 0 atom stereocenters. The van der Waals surface area contributed by atoms with Crippen LogP contribution in [-0.4, -0.2) is 58.4 Å². The summed E-state index contributed by atoms with van der Waals surface area (Å²) < 4.78 is 15.7. The number of nitrogens with one attached hydrogen (secondary N) is 1. The number of aryl methyl sites for hydroxylation is 1. The zero-order valence-corrected chi connectivity index (χ0v) is 18.6. The number of benzene rings is 1. The molecule has 6 nitrogen and oxygen atoms in total. The number of carbonyl (C=O) groups is 1. The van der Waals surface area contributed by atoms with Crippen molar-refractivity contribution in [3.05, 3.63) is 45.6 Å². The second-order valence-electron chi connectivity index (χ2n) is 6.80.